The smallest absolute Gasteiger partial charge is 0.0944 e. The predicted octanol–water partition coefficient (Wildman–Crippen LogP) is 6.09. The van der Waals surface area contributed by atoms with Gasteiger partial charge in [0.2, 0.25) is 0 Å². The molecule has 0 unspecified atom stereocenters. The lowest BCUT2D eigenvalue weighted by atomic mass is 10.0. The molecule has 2 aromatic carbocycles. The van der Waals surface area contributed by atoms with Crippen molar-refractivity contribution >= 4 is 10.8 Å². The molecule has 0 bridgehead atoms. The third-order valence-corrected chi connectivity index (χ3v) is 4.30. The molecule has 0 aliphatic rings. The molecule has 2 N–H and O–H groups in total. The largest absolute Gasteiger partial charge is 0.398 e. The Hall–Kier alpha value is -3.57. The van der Waals surface area contributed by atoms with Crippen molar-refractivity contribution in [2.75, 3.05) is 0 Å². The molecule has 0 aromatic heterocycles. The monoisotopic (exact) mass is 366 g/mol. The van der Waals surface area contributed by atoms with Crippen molar-refractivity contribution in [1.82, 2.24) is 0 Å². The lowest BCUT2D eigenvalue weighted by Crippen LogP contribution is -1.98. The lowest BCUT2D eigenvalue weighted by Gasteiger charge is -2.04. The second-order valence-electron chi connectivity index (χ2n) is 6.60. The van der Waals surface area contributed by atoms with Crippen LogP contribution in [0.5, 0.6) is 0 Å². The Labute approximate surface area is 168 Å². The summed E-state index contributed by atoms with van der Waals surface area (Å²) in [7, 11) is 0. The molecule has 0 aliphatic carbocycles. The highest BCUT2D eigenvalue weighted by atomic mass is 14.6. The van der Waals surface area contributed by atoms with Gasteiger partial charge in [0, 0.05) is 11.3 Å². The van der Waals surface area contributed by atoms with Crippen LogP contribution >= 0.6 is 0 Å². The first-order chi connectivity index (χ1) is 13.5. The summed E-state index contributed by atoms with van der Waals surface area (Å²) < 4.78 is 0. The molecular weight excluding hydrogens is 340 g/mol. The minimum atomic E-state index is 0.558. The summed E-state index contributed by atoms with van der Waals surface area (Å²) in [5.74, 6) is 0. The maximum atomic E-state index is 8.80. The number of nitrogens with zero attached hydrogens (tertiary/aromatic N) is 1. The Bertz CT molecular complexity index is 1020. The fourth-order valence-corrected chi connectivity index (χ4v) is 2.76. The van der Waals surface area contributed by atoms with Crippen molar-refractivity contribution in [3.8, 4) is 6.07 Å². The first-order valence-electron chi connectivity index (χ1n) is 9.22. The van der Waals surface area contributed by atoms with Crippen LogP contribution in [0.2, 0.25) is 0 Å². The third kappa shape index (κ3) is 6.30. The molecule has 0 fully saturated rings. The SMILES string of the molecule is C=C/C=C\Cc1ccc2cc(C/C=C\C=C(/N)C(=C)/C=C(\C)C#N)ccc2c1. The molecule has 0 spiro atoms. The van der Waals surface area contributed by atoms with E-state index in [1.165, 1.54) is 21.9 Å². The normalized spacial score (nSPS) is 12.6. The van der Waals surface area contributed by atoms with Crippen molar-refractivity contribution in [3.05, 3.63) is 120 Å². The van der Waals surface area contributed by atoms with E-state index in [1.54, 1.807) is 19.1 Å². The number of nitrogens with two attached hydrogens (primary N) is 1. The number of allylic oxidation sites excluding steroid dienone is 8. The fraction of sp³-hybridized carbons (Fsp3) is 0.115. The highest BCUT2D eigenvalue weighted by molar-refractivity contribution is 5.84. The van der Waals surface area contributed by atoms with Gasteiger partial charge in [0.05, 0.1) is 6.07 Å². The van der Waals surface area contributed by atoms with E-state index in [4.69, 9.17) is 11.0 Å². The highest BCUT2D eigenvalue weighted by Crippen LogP contribution is 2.19. The minimum Gasteiger partial charge on any atom is -0.398 e. The summed E-state index contributed by atoms with van der Waals surface area (Å²) in [5, 5.41) is 11.3. The first-order valence-corrected chi connectivity index (χ1v) is 9.22. The van der Waals surface area contributed by atoms with E-state index in [0.29, 0.717) is 16.8 Å². The van der Waals surface area contributed by atoms with E-state index in [9.17, 15) is 0 Å². The summed E-state index contributed by atoms with van der Waals surface area (Å²) in [6.45, 7) is 9.31. The van der Waals surface area contributed by atoms with Crippen LogP contribution in [0.4, 0.5) is 0 Å². The quantitative estimate of drug-likeness (QED) is 0.454. The number of nitriles is 1. The molecule has 0 amide bonds. The Morgan fingerprint density at radius 1 is 1.04 bits per heavy atom. The number of benzene rings is 2. The van der Waals surface area contributed by atoms with Gasteiger partial charge in [0.15, 0.2) is 0 Å². The van der Waals surface area contributed by atoms with Gasteiger partial charge < -0.3 is 5.73 Å². The van der Waals surface area contributed by atoms with Crippen LogP contribution in [0.1, 0.15) is 18.1 Å². The van der Waals surface area contributed by atoms with Gasteiger partial charge in [-0.05, 0) is 59.4 Å². The van der Waals surface area contributed by atoms with Gasteiger partial charge in [-0.25, -0.2) is 0 Å². The van der Waals surface area contributed by atoms with Crippen LogP contribution in [-0.2, 0) is 12.8 Å². The average molecular weight is 367 g/mol. The molecule has 28 heavy (non-hydrogen) atoms. The summed E-state index contributed by atoms with van der Waals surface area (Å²) in [6, 6.07) is 15.2. The summed E-state index contributed by atoms with van der Waals surface area (Å²) in [6.07, 6.45) is 15.1. The fourth-order valence-electron chi connectivity index (χ4n) is 2.76. The Morgan fingerprint density at radius 2 is 1.61 bits per heavy atom. The standard InChI is InChI=1S/C26H26N2/c1-4-5-6-9-22-12-14-25-18-23(13-15-24(25)17-22)10-7-8-11-26(28)21(3)16-20(2)19-27/h4-8,11-18H,1,3,9-10,28H2,2H3/b6-5-,8-7-,20-16+,26-11-. The van der Waals surface area contributed by atoms with E-state index in [0.717, 1.165) is 12.8 Å². The molecule has 0 radical (unpaired) electrons. The van der Waals surface area contributed by atoms with Crippen molar-refractivity contribution in [2.24, 2.45) is 5.73 Å². The van der Waals surface area contributed by atoms with Crippen molar-refractivity contribution in [1.29, 1.82) is 5.26 Å². The van der Waals surface area contributed by atoms with Gasteiger partial charge in [-0.3, -0.25) is 0 Å². The third-order valence-electron chi connectivity index (χ3n) is 4.30. The van der Waals surface area contributed by atoms with Crippen molar-refractivity contribution in [3.63, 3.8) is 0 Å². The number of hydrogen-bond donors (Lipinski definition) is 1. The highest BCUT2D eigenvalue weighted by Gasteiger charge is 1.98. The van der Waals surface area contributed by atoms with Crippen LogP contribution < -0.4 is 5.73 Å². The van der Waals surface area contributed by atoms with Crippen LogP contribution in [0, 0.1) is 11.3 Å². The molecule has 2 heteroatoms. The van der Waals surface area contributed by atoms with E-state index < -0.39 is 0 Å². The average Bonchev–Trinajstić information content (AvgIpc) is 2.70. The zero-order valence-electron chi connectivity index (χ0n) is 16.4. The van der Waals surface area contributed by atoms with Gasteiger partial charge in [-0.1, -0.05) is 79.9 Å². The van der Waals surface area contributed by atoms with Gasteiger partial charge in [-0.2, -0.15) is 5.26 Å². The van der Waals surface area contributed by atoms with Crippen LogP contribution in [-0.4, -0.2) is 0 Å². The molecule has 2 nitrogen and oxygen atoms in total. The van der Waals surface area contributed by atoms with Crippen LogP contribution in [0.3, 0.4) is 0 Å². The minimum absolute atomic E-state index is 0.558. The lowest BCUT2D eigenvalue weighted by molar-refractivity contribution is 1.26. The number of fused-ring (bicyclic) bond motifs is 1. The summed E-state index contributed by atoms with van der Waals surface area (Å²) in [4.78, 5) is 0. The second kappa shape index (κ2) is 10.5. The zero-order valence-corrected chi connectivity index (χ0v) is 16.4. The van der Waals surface area contributed by atoms with E-state index in [-0.39, 0.29) is 0 Å². The number of rotatable bonds is 8. The maximum absolute atomic E-state index is 8.80. The Morgan fingerprint density at radius 3 is 2.14 bits per heavy atom. The topological polar surface area (TPSA) is 49.8 Å². The summed E-state index contributed by atoms with van der Waals surface area (Å²) >= 11 is 0. The van der Waals surface area contributed by atoms with Gasteiger partial charge in [0.1, 0.15) is 0 Å². The first kappa shape index (κ1) is 20.7. The molecule has 140 valence electrons. The zero-order chi connectivity index (χ0) is 20.4. The van der Waals surface area contributed by atoms with E-state index in [1.807, 2.05) is 18.2 Å². The Balaban J connectivity index is 2.03. The second-order valence-corrected chi connectivity index (χ2v) is 6.60. The van der Waals surface area contributed by atoms with Crippen LogP contribution in [0.15, 0.2) is 109 Å². The van der Waals surface area contributed by atoms with Crippen LogP contribution in [0.25, 0.3) is 10.8 Å². The number of hydrogen-bond acceptors (Lipinski definition) is 2. The van der Waals surface area contributed by atoms with Crippen molar-refractivity contribution in [2.45, 2.75) is 19.8 Å². The molecule has 0 aliphatic heterocycles. The van der Waals surface area contributed by atoms with Gasteiger partial charge in [-0.15, -0.1) is 0 Å². The molecule has 0 saturated carbocycles. The molecule has 0 heterocycles. The Kier molecular flexibility index (Phi) is 7.81. The van der Waals surface area contributed by atoms with Crippen molar-refractivity contribution < 1.29 is 0 Å². The van der Waals surface area contributed by atoms with Gasteiger partial charge in [0.25, 0.3) is 0 Å². The molecule has 0 atom stereocenters. The molecular formula is C26H26N2. The predicted molar refractivity (Wildman–Crippen MR) is 121 cm³/mol. The van der Waals surface area contributed by atoms with E-state index in [2.05, 4.69) is 67.8 Å². The molecule has 2 rings (SSSR count). The molecule has 0 saturated heterocycles. The van der Waals surface area contributed by atoms with Gasteiger partial charge >= 0.3 is 0 Å². The summed E-state index contributed by atoms with van der Waals surface area (Å²) in [5.41, 5.74) is 10.3. The molecule has 2 aromatic rings. The maximum Gasteiger partial charge on any atom is 0.0944 e. The van der Waals surface area contributed by atoms with E-state index >= 15 is 0 Å².